The largest absolute Gasteiger partial charge is 0.378 e. The summed E-state index contributed by atoms with van der Waals surface area (Å²) in [5.74, 6) is 1.07. The number of aromatic nitrogens is 3. The van der Waals surface area contributed by atoms with E-state index in [-0.39, 0.29) is 5.82 Å². The van der Waals surface area contributed by atoms with Gasteiger partial charge in [-0.05, 0) is 42.8 Å². The van der Waals surface area contributed by atoms with E-state index in [1.807, 2.05) is 22.7 Å². The second-order valence-corrected chi connectivity index (χ2v) is 7.61. The number of halogens is 1. The molecule has 0 saturated carbocycles. The third-order valence-corrected chi connectivity index (χ3v) is 5.66. The van der Waals surface area contributed by atoms with Gasteiger partial charge in [0.25, 0.3) is 0 Å². The summed E-state index contributed by atoms with van der Waals surface area (Å²) in [6, 6.07) is 10.9. The van der Waals surface area contributed by atoms with Crippen molar-refractivity contribution in [1.29, 1.82) is 0 Å². The predicted octanol–water partition coefficient (Wildman–Crippen LogP) is 2.69. The van der Waals surface area contributed by atoms with E-state index < -0.39 is 0 Å². The molecule has 2 aliphatic heterocycles. The first-order valence-electron chi connectivity index (χ1n) is 9.90. The monoisotopic (exact) mass is 381 g/mol. The molecule has 2 aromatic heterocycles. The third kappa shape index (κ3) is 3.59. The van der Waals surface area contributed by atoms with E-state index in [1.165, 1.54) is 12.1 Å². The van der Waals surface area contributed by atoms with Gasteiger partial charge in [-0.1, -0.05) is 12.1 Å². The summed E-state index contributed by atoms with van der Waals surface area (Å²) >= 11 is 0. The van der Waals surface area contributed by atoms with Crippen LogP contribution in [0.5, 0.6) is 0 Å². The lowest BCUT2D eigenvalue weighted by Crippen LogP contribution is -2.36. The Morgan fingerprint density at radius 1 is 1.04 bits per heavy atom. The van der Waals surface area contributed by atoms with Crippen LogP contribution in [0.3, 0.4) is 0 Å². The van der Waals surface area contributed by atoms with E-state index in [0.717, 1.165) is 75.1 Å². The van der Waals surface area contributed by atoms with Crippen LogP contribution >= 0.6 is 0 Å². The molecule has 5 rings (SSSR count). The maximum absolute atomic E-state index is 13.1. The van der Waals surface area contributed by atoms with Crippen molar-refractivity contribution in [2.24, 2.45) is 0 Å². The first-order chi connectivity index (χ1) is 13.7. The number of rotatable bonds is 4. The standard InChI is InChI=1S/C21H24FN5O/c22-18-3-1-16(2-4-18)13-25-8-7-17(14-25)21-23-20-6-5-19(15-27(20)24-21)26-9-11-28-12-10-26/h1-6,15,17H,7-14H2/t17-/m0/s1. The Bertz CT molecular complexity index is 951. The average Bonchev–Trinajstić information content (AvgIpc) is 3.36. The molecule has 0 spiro atoms. The normalized spacial score (nSPS) is 20.9. The van der Waals surface area contributed by atoms with Crippen molar-refractivity contribution >= 4 is 11.3 Å². The quantitative estimate of drug-likeness (QED) is 0.695. The zero-order chi connectivity index (χ0) is 18.9. The average molecular weight is 381 g/mol. The van der Waals surface area contributed by atoms with Crippen LogP contribution in [0.15, 0.2) is 42.6 Å². The molecule has 0 bridgehead atoms. The van der Waals surface area contributed by atoms with Crippen molar-refractivity contribution in [3.05, 3.63) is 59.8 Å². The first kappa shape index (κ1) is 17.6. The summed E-state index contributed by atoms with van der Waals surface area (Å²) in [7, 11) is 0. The van der Waals surface area contributed by atoms with E-state index in [4.69, 9.17) is 14.8 Å². The zero-order valence-corrected chi connectivity index (χ0v) is 15.8. The molecule has 7 heteroatoms. The smallest absolute Gasteiger partial charge is 0.156 e. The molecule has 6 nitrogen and oxygen atoms in total. The molecule has 4 heterocycles. The molecule has 0 aliphatic carbocycles. The Kier molecular flexibility index (Phi) is 4.70. The minimum absolute atomic E-state index is 0.187. The maximum Gasteiger partial charge on any atom is 0.156 e. The highest BCUT2D eigenvalue weighted by atomic mass is 19.1. The van der Waals surface area contributed by atoms with Crippen LogP contribution in [0.4, 0.5) is 10.1 Å². The highest BCUT2D eigenvalue weighted by Gasteiger charge is 2.27. The van der Waals surface area contributed by atoms with E-state index in [2.05, 4.69) is 22.1 Å². The summed E-state index contributed by atoms with van der Waals surface area (Å²) in [6.45, 7) is 6.15. The van der Waals surface area contributed by atoms with Gasteiger partial charge in [0.15, 0.2) is 11.5 Å². The van der Waals surface area contributed by atoms with E-state index in [0.29, 0.717) is 5.92 Å². The molecule has 0 unspecified atom stereocenters. The maximum atomic E-state index is 13.1. The molecule has 0 N–H and O–H groups in total. The summed E-state index contributed by atoms with van der Waals surface area (Å²) < 4.78 is 20.4. The van der Waals surface area contributed by atoms with E-state index in [9.17, 15) is 4.39 Å². The molecule has 1 atom stereocenters. The predicted molar refractivity (Wildman–Crippen MR) is 105 cm³/mol. The van der Waals surface area contributed by atoms with Gasteiger partial charge in [-0.2, -0.15) is 5.10 Å². The van der Waals surface area contributed by atoms with Crippen molar-refractivity contribution in [1.82, 2.24) is 19.5 Å². The minimum atomic E-state index is -0.187. The van der Waals surface area contributed by atoms with Crippen molar-refractivity contribution < 1.29 is 9.13 Å². The summed E-state index contributed by atoms with van der Waals surface area (Å²) in [6.07, 6.45) is 3.12. The number of anilines is 1. The Balaban J connectivity index is 1.28. The first-order valence-corrected chi connectivity index (χ1v) is 9.90. The van der Waals surface area contributed by atoms with Gasteiger partial charge in [0, 0.05) is 32.1 Å². The van der Waals surface area contributed by atoms with Gasteiger partial charge in [0.2, 0.25) is 0 Å². The molecule has 2 aliphatic rings. The van der Waals surface area contributed by atoms with Gasteiger partial charge in [0.05, 0.1) is 25.1 Å². The van der Waals surface area contributed by atoms with Gasteiger partial charge < -0.3 is 9.64 Å². The van der Waals surface area contributed by atoms with Crippen LogP contribution in [-0.4, -0.2) is 58.9 Å². The van der Waals surface area contributed by atoms with Gasteiger partial charge in [-0.3, -0.25) is 4.90 Å². The van der Waals surface area contributed by atoms with Crippen molar-refractivity contribution in [3.63, 3.8) is 0 Å². The number of morpholine rings is 1. The number of nitrogens with zero attached hydrogens (tertiary/aromatic N) is 5. The van der Waals surface area contributed by atoms with Gasteiger partial charge in [-0.25, -0.2) is 13.9 Å². The van der Waals surface area contributed by atoms with Crippen molar-refractivity contribution in [3.8, 4) is 0 Å². The minimum Gasteiger partial charge on any atom is -0.378 e. The molecule has 28 heavy (non-hydrogen) atoms. The Hall–Kier alpha value is -2.51. The Morgan fingerprint density at radius 2 is 1.86 bits per heavy atom. The molecule has 2 saturated heterocycles. The zero-order valence-electron chi connectivity index (χ0n) is 15.8. The number of benzene rings is 1. The molecular formula is C21H24FN5O. The van der Waals surface area contributed by atoms with Crippen LogP contribution in [0, 0.1) is 5.82 Å². The second-order valence-electron chi connectivity index (χ2n) is 7.61. The lowest BCUT2D eigenvalue weighted by Gasteiger charge is -2.28. The van der Waals surface area contributed by atoms with Crippen molar-refractivity contribution in [2.45, 2.75) is 18.9 Å². The second kappa shape index (κ2) is 7.48. The highest BCUT2D eigenvalue weighted by molar-refractivity contribution is 5.51. The summed E-state index contributed by atoms with van der Waals surface area (Å²) in [4.78, 5) is 9.48. The molecule has 3 aromatic rings. The summed E-state index contributed by atoms with van der Waals surface area (Å²) in [5.41, 5.74) is 3.20. The fourth-order valence-electron chi connectivity index (χ4n) is 4.11. The van der Waals surface area contributed by atoms with Gasteiger partial charge in [-0.15, -0.1) is 0 Å². The SMILES string of the molecule is Fc1ccc(CN2CC[C@H](c3nc4ccc(N5CCOCC5)cn4n3)C2)cc1. The Morgan fingerprint density at radius 3 is 2.68 bits per heavy atom. The van der Waals surface area contributed by atoms with Crippen LogP contribution in [0.1, 0.15) is 23.7 Å². The molecule has 0 radical (unpaired) electrons. The van der Waals surface area contributed by atoms with Gasteiger partial charge in [0.1, 0.15) is 5.82 Å². The van der Waals surface area contributed by atoms with E-state index >= 15 is 0 Å². The van der Waals surface area contributed by atoms with E-state index in [1.54, 1.807) is 0 Å². The number of fused-ring (bicyclic) bond motifs is 1. The highest BCUT2D eigenvalue weighted by Crippen LogP contribution is 2.27. The summed E-state index contributed by atoms with van der Waals surface area (Å²) in [5, 5.41) is 4.77. The van der Waals surface area contributed by atoms with Crippen LogP contribution in [-0.2, 0) is 11.3 Å². The molecule has 146 valence electrons. The molecular weight excluding hydrogens is 357 g/mol. The fraction of sp³-hybridized carbons (Fsp3) is 0.429. The number of hydrogen-bond acceptors (Lipinski definition) is 5. The number of ether oxygens (including phenoxy) is 1. The number of pyridine rings is 1. The number of likely N-dealkylation sites (tertiary alicyclic amines) is 1. The molecule has 1 aromatic carbocycles. The fourth-order valence-corrected chi connectivity index (χ4v) is 4.11. The van der Waals surface area contributed by atoms with Gasteiger partial charge >= 0.3 is 0 Å². The van der Waals surface area contributed by atoms with Crippen LogP contribution in [0.2, 0.25) is 0 Å². The lowest BCUT2D eigenvalue weighted by molar-refractivity contribution is 0.122. The lowest BCUT2D eigenvalue weighted by atomic mass is 10.1. The molecule has 2 fully saturated rings. The van der Waals surface area contributed by atoms with Crippen LogP contribution < -0.4 is 4.90 Å². The third-order valence-electron chi connectivity index (χ3n) is 5.66. The van der Waals surface area contributed by atoms with Crippen LogP contribution in [0.25, 0.3) is 5.65 Å². The number of hydrogen-bond donors (Lipinski definition) is 0. The van der Waals surface area contributed by atoms with Crippen molar-refractivity contribution in [2.75, 3.05) is 44.3 Å². The Labute approximate surface area is 163 Å². The molecule has 0 amide bonds. The topological polar surface area (TPSA) is 45.9 Å².